The summed E-state index contributed by atoms with van der Waals surface area (Å²) in [5, 5.41) is 7.27. The van der Waals surface area contributed by atoms with Crippen LogP contribution in [-0.2, 0) is 16.0 Å². The maximum Gasteiger partial charge on any atom is 0.412 e. The largest absolute Gasteiger partial charge is 0.444 e. The lowest BCUT2D eigenvalue weighted by Crippen LogP contribution is -2.27. The van der Waals surface area contributed by atoms with E-state index in [0.29, 0.717) is 22.1 Å². The van der Waals surface area contributed by atoms with Gasteiger partial charge in [-0.25, -0.2) is 9.78 Å². The van der Waals surface area contributed by atoms with Gasteiger partial charge in [0.15, 0.2) is 5.13 Å². The number of hydrogen-bond acceptors (Lipinski definition) is 6. The number of anilines is 2. The molecule has 0 spiro atoms. The van der Waals surface area contributed by atoms with Crippen LogP contribution in [0.3, 0.4) is 0 Å². The molecule has 2 rings (SSSR count). The predicted molar refractivity (Wildman–Crippen MR) is 99.3 cm³/mol. The fourth-order valence-corrected chi connectivity index (χ4v) is 2.63. The van der Waals surface area contributed by atoms with Crippen molar-refractivity contribution in [3.63, 3.8) is 0 Å². The minimum atomic E-state index is -0.592. The van der Waals surface area contributed by atoms with E-state index in [0.717, 1.165) is 0 Å². The lowest BCUT2D eigenvalue weighted by atomic mass is 10.2. The van der Waals surface area contributed by atoms with Crippen molar-refractivity contribution in [1.29, 1.82) is 0 Å². The molecular formula is C17H20N4O4S. The highest BCUT2D eigenvalue weighted by Gasteiger charge is 2.16. The van der Waals surface area contributed by atoms with Crippen molar-refractivity contribution in [1.82, 2.24) is 4.98 Å². The molecule has 0 aliphatic rings. The Hall–Kier alpha value is -2.94. The fraction of sp³-hybridized carbons (Fsp3) is 0.294. The van der Waals surface area contributed by atoms with Gasteiger partial charge in [-0.15, -0.1) is 11.3 Å². The Bertz CT molecular complexity index is 809. The second-order valence-corrected chi connectivity index (χ2v) is 7.30. The molecule has 26 heavy (non-hydrogen) atoms. The lowest BCUT2D eigenvalue weighted by molar-refractivity contribution is -0.117. The first-order valence-corrected chi connectivity index (χ1v) is 8.64. The number of hydrogen-bond donors (Lipinski definition) is 3. The van der Waals surface area contributed by atoms with Crippen LogP contribution in [0.1, 0.15) is 36.8 Å². The number of primary amides is 1. The summed E-state index contributed by atoms with van der Waals surface area (Å²) in [6, 6.07) is 6.33. The highest BCUT2D eigenvalue weighted by Crippen LogP contribution is 2.18. The molecule has 0 saturated heterocycles. The maximum atomic E-state index is 12.2. The molecular weight excluding hydrogens is 356 g/mol. The quantitative estimate of drug-likeness (QED) is 0.740. The number of nitrogens with one attached hydrogen (secondary N) is 2. The number of ether oxygens (including phenoxy) is 1. The molecule has 0 radical (unpaired) electrons. The Morgan fingerprint density at radius 2 is 1.81 bits per heavy atom. The van der Waals surface area contributed by atoms with Gasteiger partial charge in [0.2, 0.25) is 5.91 Å². The van der Waals surface area contributed by atoms with E-state index in [1.165, 1.54) is 11.3 Å². The van der Waals surface area contributed by atoms with Crippen molar-refractivity contribution in [3.8, 4) is 0 Å². The first kappa shape index (κ1) is 19.4. The zero-order chi connectivity index (χ0) is 19.3. The molecule has 8 nitrogen and oxygen atoms in total. The molecule has 4 N–H and O–H groups in total. The Balaban J connectivity index is 1.95. The molecule has 0 bridgehead atoms. The first-order valence-electron chi connectivity index (χ1n) is 7.76. The SMILES string of the molecule is CC(C)(C)OC(=O)Nc1ccc(C(=O)Nc2nc(CC(N)=O)cs2)cc1. The zero-order valence-electron chi connectivity index (χ0n) is 14.7. The van der Waals surface area contributed by atoms with Gasteiger partial charge >= 0.3 is 6.09 Å². The van der Waals surface area contributed by atoms with Gasteiger partial charge in [0.1, 0.15) is 5.60 Å². The number of thiazole rings is 1. The molecule has 0 atom stereocenters. The Kier molecular flexibility index (Phi) is 5.93. The number of amides is 3. The summed E-state index contributed by atoms with van der Waals surface area (Å²) in [5.41, 5.74) is 5.93. The van der Waals surface area contributed by atoms with E-state index in [1.54, 1.807) is 50.4 Å². The second kappa shape index (κ2) is 7.96. The minimum Gasteiger partial charge on any atom is -0.444 e. The van der Waals surface area contributed by atoms with Crippen LogP contribution < -0.4 is 16.4 Å². The van der Waals surface area contributed by atoms with Gasteiger partial charge in [-0.1, -0.05) is 0 Å². The maximum absolute atomic E-state index is 12.2. The highest BCUT2D eigenvalue weighted by atomic mass is 32.1. The molecule has 0 unspecified atom stereocenters. The summed E-state index contributed by atoms with van der Waals surface area (Å²) >= 11 is 1.21. The molecule has 1 heterocycles. The van der Waals surface area contributed by atoms with E-state index in [4.69, 9.17) is 10.5 Å². The lowest BCUT2D eigenvalue weighted by Gasteiger charge is -2.19. The highest BCUT2D eigenvalue weighted by molar-refractivity contribution is 7.14. The summed E-state index contributed by atoms with van der Waals surface area (Å²) < 4.78 is 5.16. The van der Waals surface area contributed by atoms with Gasteiger partial charge in [0.25, 0.3) is 5.91 Å². The molecule has 1 aromatic carbocycles. The first-order chi connectivity index (χ1) is 12.1. The van der Waals surface area contributed by atoms with Crippen LogP contribution in [0.5, 0.6) is 0 Å². The van der Waals surface area contributed by atoms with Crippen LogP contribution in [0.4, 0.5) is 15.6 Å². The molecule has 1 aromatic heterocycles. The average molecular weight is 376 g/mol. The van der Waals surface area contributed by atoms with Crippen molar-refractivity contribution in [3.05, 3.63) is 40.9 Å². The molecule has 0 aliphatic carbocycles. The molecule has 9 heteroatoms. The standard InChI is InChI=1S/C17H20N4O4S/c1-17(2,3)25-16(24)20-11-6-4-10(5-7-11)14(23)21-15-19-12(9-26-15)8-13(18)22/h4-7,9H,8H2,1-3H3,(H2,18,22)(H,20,24)(H,19,21,23). The predicted octanol–water partition coefficient (Wildman–Crippen LogP) is 2.77. The minimum absolute atomic E-state index is 0.0252. The average Bonchev–Trinajstić information content (AvgIpc) is 2.92. The summed E-state index contributed by atoms with van der Waals surface area (Å²) in [6.45, 7) is 5.31. The van der Waals surface area contributed by atoms with Crippen LogP contribution >= 0.6 is 11.3 Å². The van der Waals surface area contributed by atoms with Crippen LogP contribution in [0.2, 0.25) is 0 Å². The topological polar surface area (TPSA) is 123 Å². The van der Waals surface area contributed by atoms with Gasteiger partial charge in [0.05, 0.1) is 12.1 Å². The van der Waals surface area contributed by atoms with E-state index in [2.05, 4.69) is 15.6 Å². The summed E-state index contributed by atoms with van der Waals surface area (Å²) in [7, 11) is 0. The fourth-order valence-electron chi connectivity index (χ4n) is 1.92. The molecule has 0 aliphatic heterocycles. The van der Waals surface area contributed by atoms with Crippen LogP contribution in [0, 0.1) is 0 Å². The third-order valence-corrected chi connectivity index (χ3v) is 3.73. The van der Waals surface area contributed by atoms with E-state index in [9.17, 15) is 14.4 Å². The number of nitrogens with two attached hydrogens (primary N) is 1. The van der Waals surface area contributed by atoms with Gasteiger partial charge in [-0.3, -0.25) is 20.2 Å². The third kappa shape index (κ3) is 6.17. The summed E-state index contributed by atoms with van der Waals surface area (Å²) in [4.78, 5) is 38.9. The van der Waals surface area contributed by atoms with E-state index in [1.807, 2.05) is 0 Å². The van der Waals surface area contributed by atoms with E-state index >= 15 is 0 Å². The number of benzene rings is 1. The van der Waals surface area contributed by atoms with Gasteiger partial charge in [0, 0.05) is 16.6 Å². The van der Waals surface area contributed by atoms with Crippen molar-refractivity contribution in [2.24, 2.45) is 5.73 Å². The number of carbonyl (C=O) groups is 3. The molecule has 2 aromatic rings. The number of nitrogens with zero attached hydrogens (tertiary/aromatic N) is 1. The number of carbonyl (C=O) groups excluding carboxylic acids is 3. The normalized spacial score (nSPS) is 10.9. The van der Waals surface area contributed by atoms with Crippen molar-refractivity contribution < 1.29 is 19.1 Å². The molecule has 0 fully saturated rings. The smallest absolute Gasteiger partial charge is 0.412 e. The molecule has 0 saturated carbocycles. The van der Waals surface area contributed by atoms with Crippen molar-refractivity contribution in [2.45, 2.75) is 32.8 Å². The zero-order valence-corrected chi connectivity index (χ0v) is 15.5. The Morgan fingerprint density at radius 3 is 2.38 bits per heavy atom. The monoisotopic (exact) mass is 376 g/mol. The molecule has 138 valence electrons. The van der Waals surface area contributed by atoms with Crippen molar-refractivity contribution >= 4 is 40.1 Å². The summed E-state index contributed by atoms with van der Waals surface area (Å²) in [5.74, 6) is -0.838. The number of rotatable bonds is 5. The van der Waals surface area contributed by atoms with E-state index in [-0.39, 0.29) is 12.3 Å². The third-order valence-electron chi connectivity index (χ3n) is 2.92. The van der Waals surface area contributed by atoms with Gasteiger partial charge in [-0.05, 0) is 45.0 Å². The van der Waals surface area contributed by atoms with Gasteiger partial charge < -0.3 is 10.5 Å². The van der Waals surface area contributed by atoms with E-state index < -0.39 is 17.6 Å². The summed E-state index contributed by atoms with van der Waals surface area (Å²) in [6.07, 6.45) is -0.545. The Labute approximate surface area is 154 Å². The van der Waals surface area contributed by atoms with Crippen LogP contribution in [0.25, 0.3) is 0 Å². The van der Waals surface area contributed by atoms with Crippen LogP contribution in [0.15, 0.2) is 29.6 Å². The Morgan fingerprint density at radius 1 is 1.15 bits per heavy atom. The van der Waals surface area contributed by atoms with Crippen molar-refractivity contribution in [2.75, 3.05) is 10.6 Å². The molecule has 3 amide bonds. The number of aromatic nitrogens is 1. The second-order valence-electron chi connectivity index (χ2n) is 6.45. The van der Waals surface area contributed by atoms with Gasteiger partial charge in [-0.2, -0.15) is 0 Å². The van der Waals surface area contributed by atoms with Crippen LogP contribution in [-0.4, -0.2) is 28.5 Å².